The molecule has 0 saturated carbocycles. The first-order valence-corrected chi connectivity index (χ1v) is 6.18. The molecule has 0 aliphatic heterocycles. The lowest BCUT2D eigenvalue weighted by molar-refractivity contribution is 0.0473. The molecule has 1 atom stereocenters. The number of hydrogen-bond donors (Lipinski definition) is 0. The van der Waals surface area contributed by atoms with E-state index in [1.807, 2.05) is 42.5 Å². The maximum absolute atomic E-state index is 11.8. The molecule has 0 radical (unpaired) electrons. The van der Waals surface area contributed by atoms with Crippen LogP contribution in [0.2, 0.25) is 0 Å². The fraction of sp³-hybridized carbons (Fsp3) is 0.0588. The van der Waals surface area contributed by atoms with Gasteiger partial charge in [0.15, 0.2) is 0 Å². The molecule has 0 aliphatic carbocycles. The van der Waals surface area contributed by atoms with Gasteiger partial charge in [-0.25, -0.2) is 4.79 Å². The topological polar surface area (TPSA) is 50.1 Å². The van der Waals surface area contributed by atoms with Gasteiger partial charge in [-0.2, -0.15) is 5.26 Å². The van der Waals surface area contributed by atoms with Gasteiger partial charge in [-0.05, 0) is 23.8 Å². The molecule has 2 rings (SSSR count). The van der Waals surface area contributed by atoms with Crippen molar-refractivity contribution in [2.75, 3.05) is 0 Å². The van der Waals surface area contributed by atoms with Crippen molar-refractivity contribution >= 4 is 12.0 Å². The summed E-state index contributed by atoms with van der Waals surface area (Å²) >= 11 is 0. The first kappa shape index (κ1) is 13.6. The van der Waals surface area contributed by atoms with Crippen LogP contribution < -0.4 is 0 Å². The highest BCUT2D eigenvalue weighted by molar-refractivity contribution is 5.89. The van der Waals surface area contributed by atoms with Crippen molar-refractivity contribution < 1.29 is 9.53 Å². The lowest BCUT2D eigenvalue weighted by Crippen LogP contribution is -2.14. The second-order valence-electron chi connectivity index (χ2n) is 4.09. The Hall–Kier alpha value is -2.86. The molecular weight excluding hydrogens is 250 g/mol. The molecule has 0 fully saturated rings. The van der Waals surface area contributed by atoms with Crippen LogP contribution in [0.3, 0.4) is 0 Å². The van der Waals surface area contributed by atoms with Gasteiger partial charge in [0.1, 0.15) is 6.07 Å². The Morgan fingerprint density at radius 1 is 1.05 bits per heavy atom. The van der Waals surface area contributed by atoms with Crippen LogP contribution in [0.4, 0.5) is 0 Å². The fourth-order valence-electron chi connectivity index (χ4n) is 1.63. The third-order valence-electron chi connectivity index (χ3n) is 2.63. The van der Waals surface area contributed by atoms with E-state index in [-0.39, 0.29) is 0 Å². The molecular formula is C17H13NO2. The van der Waals surface area contributed by atoms with Gasteiger partial charge in [0.25, 0.3) is 0 Å². The molecule has 1 unspecified atom stereocenters. The number of nitriles is 1. The number of rotatable bonds is 4. The number of esters is 1. The number of ether oxygens (including phenoxy) is 1. The highest BCUT2D eigenvalue weighted by Gasteiger charge is 2.12. The summed E-state index contributed by atoms with van der Waals surface area (Å²) in [5.41, 5.74) is 1.38. The number of benzene rings is 2. The monoisotopic (exact) mass is 263 g/mol. The summed E-state index contributed by atoms with van der Waals surface area (Å²) in [5, 5.41) is 9.02. The quantitative estimate of drug-likeness (QED) is 0.794. The number of nitrogens with zero attached hydrogens (tertiary/aromatic N) is 1. The molecule has 98 valence electrons. The summed E-state index contributed by atoms with van der Waals surface area (Å²) in [4.78, 5) is 11.8. The zero-order chi connectivity index (χ0) is 14.2. The molecule has 0 saturated heterocycles. The summed E-state index contributed by atoms with van der Waals surface area (Å²) in [6, 6.07) is 20.1. The zero-order valence-electron chi connectivity index (χ0n) is 10.8. The zero-order valence-corrected chi connectivity index (χ0v) is 10.8. The Kier molecular flexibility index (Phi) is 4.69. The minimum Gasteiger partial charge on any atom is -0.439 e. The first-order chi connectivity index (χ1) is 9.79. The first-order valence-electron chi connectivity index (χ1n) is 6.18. The van der Waals surface area contributed by atoms with E-state index in [0.717, 1.165) is 5.56 Å². The minimum absolute atomic E-state index is 0.431. The van der Waals surface area contributed by atoms with Gasteiger partial charge in [0.2, 0.25) is 6.10 Å². The van der Waals surface area contributed by atoms with Gasteiger partial charge < -0.3 is 4.74 Å². The number of hydrogen-bond acceptors (Lipinski definition) is 3. The van der Waals surface area contributed by atoms with Crippen molar-refractivity contribution in [3.8, 4) is 6.07 Å². The van der Waals surface area contributed by atoms with Crippen LogP contribution in [-0.4, -0.2) is 12.1 Å². The normalized spacial score (nSPS) is 11.8. The van der Waals surface area contributed by atoms with Crippen LogP contribution in [0.15, 0.2) is 66.7 Å². The van der Waals surface area contributed by atoms with Crippen LogP contribution in [0.25, 0.3) is 6.08 Å². The molecule has 0 aliphatic rings. The number of carbonyl (C=O) groups is 1. The summed E-state index contributed by atoms with van der Waals surface area (Å²) in [6.45, 7) is 0. The SMILES string of the molecule is N#CC(/C=C/c1ccccc1)OC(=O)c1ccccc1. The Balaban J connectivity index is 2.02. The maximum Gasteiger partial charge on any atom is 0.339 e. The Morgan fingerprint density at radius 3 is 2.25 bits per heavy atom. The molecule has 3 heteroatoms. The van der Waals surface area contributed by atoms with Crippen LogP contribution in [0.1, 0.15) is 15.9 Å². The molecule has 0 amide bonds. The number of carbonyl (C=O) groups excluding carboxylic acids is 1. The van der Waals surface area contributed by atoms with E-state index in [4.69, 9.17) is 10.00 Å². The summed E-state index contributed by atoms with van der Waals surface area (Å²) in [6.07, 6.45) is 2.42. The smallest absolute Gasteiger partial charge is 0.339 e. The lowest BCUT2D eigenvalue weighted by Gasteiger charge is -2.06. The maximum atomic E-state index is 11.8. The van der Waals surface area contributed by atoms with Crippen molar-refractivity contribution in [1.82, 2.24) is 0 Å². The molecule has 0 bridgehead atoms. The lowest BCUT2D eigenvalue weighted by atomic mass is 10.2. The predicted octanol–water partition coefficient (Wildman–Crippen LogP) is 3.45. The Bertz CT molecular complexity index is 627. The molecule has 0 heterocycles. The molecule has 2 aromatic rings. The summed E-state index contributed by atoms with van der Waals surface area (Å²) in [5.74, 6) is -0.505. The van der Waals surface area contributed by atoms with E-state index < -0.39 is 12.1 Å². The van der Waals surface area contributed by atoms with Gasteiger partial charge in [0, 0.05) is 0 Å². The van der Waals surface area contributed by atoms with E-state index in [1.54, 1.807) is 36.4 Å². The molecule has 0 N–H and O–H groups in total. The van der Waals surface area contributed by atoms with Crippen LogP contribution in [-0.2, 0) is 4.74 Å². The van der Waals surface area contributed by atoms with Crippen LogP contribution in [0.5, 0.6) is 0 Å². The highest BCUT2D eigenvalue weighted by Crippen LogP contribution is 2.07. The van der Waals surface area contributed by atoms with Gasteiger partial charge in [-0.15, -0.1) is 0 Å². The molecule has 0 aromatic heterocycles. The minimum atomic E-state index is -0.900. The van der Waals surface area contributed by atoms with Crippen molar-refractivity contribution in [2.45, 2.75) is 6.10 Å². The van der Waals surface area contributed by atoms with E-state index >= 15 is 0 Å². The van der Waals surface area contributed by atoms with Crippen molar-refractivity contribution in [3.63, 3.8) is 0 Å². The van der Waals surface area contributed by atoms with Crippen LogP contribution >= 0.6 is 0 Å². The second-order valence-corrected chi connectivity index (χ2v) is 4.09. The van der Waals surface area contributed by atoms with Crippen LogP contribution in [0, 0.1) is 11.3 Å². The van der Waals surface area contributed by atoms with E-state index in [0.29, 0.717) is 5.56 Å². The standard InChI is InChI=1S/C17H13NO2/c18-13-16(12-11-14-7-3-1-4-8-14)20-17(19)15-9-5-2-6-10-15/h1-12,16H/b12-11+. The van der Waals surface area contributed by atoms with Gasteiger partial charge >= 0.3 is 5.97 Å². The Morgan fingerprint density at radius 2 is 1.65 bits per heavy atom. The highest BCUT2D eigenvalue weighted by atomic mass is 16.5. The molecule has 2 aromatic carbocycles. The van der Waals surface area contributed by atoms with Crippen molar-refractivity contribution in [1.29, 1.82) is 5.26 Å². The summed E-state index contributed by atoms with van der Waals surface area (Å²) in [7, 11) is 0. The van der Waals surface area contributed by atoms with E-state index in [2.05, 4.69) is 0 Å². The summed E-state index contributed by atoms with van der Waals surface area (Å²) < 4.78 is 5.12. The van der Waals surface area contributed by atoms with E-state index in [1.165, 1.54) is 0 Å². The third-order valence-corrected chi connectivity index (χ3v) is 2.63. The van der Waals surface area contributed by atoms with Gasteiger partial charge in [0.05, 0.1) is 5.56 Å². The largest absolute Gasteiger partial charge is 0.439 e. The molecule has 3 nitrogen and oxygen atoms in total. The second kappa shape index (κ2) is 6.91. The van der Waals surface area contributed by atoms with Gasteiger partial charge in [-0.3, -0.25) is 0 Å². The van der Waals surface area contributed by atoms with Crippen molar-refractivity contribution in [3.05, 3.63) is 77.9 Å². The third kappa shape index (κ3) is 3.82. The fourth-order valence-corrected chi connectivity index (χ4v) is 1.63. The average Bonchev–Trinajstić information content (AvgIpc) is 2.53. The predicted molar refractivity (Wildman–Crippen MR) is 76.7 cm³/mol. The van der Waals surface area contributed by atoms with Gasteiger partial charge in [-0.1, -0.05) is 54.6 Å². The van der Waals surface area contributed by atoms with E-state index in [9.17, 15) is 4.79 Å². The van der Waals surface area contributed by atoms with Crippen molar-refractivity contribution in [2.24, 2.45) is 0 Å². The molecule has 20 heavy (non-hydrogen) atoms. The average molecular weight is 263 g/mol. The molecule has 0 spiro atoms. The Labute approximate surface area is 117 Å².